The highest BCUT2D eigenvalue weighted by Crippen LogP contribution is 2.11. The summed E-state index contributed by atoms with van der Waals surface area (Å²) in [4.78, 5) is 12.3. The Bertz CT molecular complexity index is 600. The number of amides is 1. The van der Waals surface area contributed by atoms with E-state index in [2.05, 4.69) is 33.1 Å². The Hall–Kier alpha value is -1.99. The van der Waals surface area contributed by atoms with Crippen molar-refractivity contribution in [3.8, 4) is 5.69 Å². The van der Waals surface area contributed by atoms with Crippen LogP contribution < -0.4 is 10.6 Å². The summed E-state index contributed by atoms with van der Waals surface area (Å²) in [5, 5.41) is 17.5. The van der Waals surface area contributed by atoms with E-state index in [4.69, 9.17) is 0 Å². The van der Waals surface area contributed by atoms with Gasteiger partial charge in [0, 0.05) is 17.6 Å². The lowest BCUT2D eigenvalue weighted by Crippen LogP contribution is -2.51. The average molecular weight is 323 g/mol. The smallest absolute Gasteiger partial charge is 0.251 e. The van der Waals surface area contributed by atoms with E-state index in [9.17, 15) is 4.79 Å². The topological polar surface area (TPSA) is 84.7 Å². The molecule has 118 valence electrons. The minimum absolute atomic E-state index is 0. The second kappa shape index (κ2) is 7.33. The molecule has 2 heterocycles. The standard InChI is InChI=1S/C14H18N6O.ClH/c1-10-13(3-2-8-15-10)17-14(21)11-4-6-12(7-5-11)20-9-16-18-19-20;/h4-7,9-10,13,15H,2-3,8H2,1H3,(H,17,21);1H. The first-order chi connectivity index (χ1) is 10.2. The Labute approximate surface area is 134 Å². The molecule has 1 fully saturated rings. The number of nitrogens with one attached hydrogen (secondary N) is 2. The van der Waals surface area contributed by atoms with Crippen LogP contribution in [0.15, 0.2) is 30.6 Å². The van der Waals surface area contributed by atoms with E-state index >= 15 is 0 Å². The Morgan fingerprint density at radius 3 is 2.77 bits per heavy atom. The molecule has 1 aliphatic heterocycles. The number of benzene rings is 1. The second-order valence-electron chi connectivity index (χ2n) is 5.27. The zero-order chi connectivity index (χ0) is 14.7. The van der Waals surface area contributed by atoms with Crippen molar-refractivity contribution in [1.82, 2.24) is 30.8 Å². The highest BCUT2D eigenvalue weighted by Gasteiger charge is 2.22. The number of piperidine rings is 1. The van der Waals surface area contributed by atoms with Crippen LogP contribution in [0.2, 0.25) is 0 Å². The fourth-order valence-electron chi connectivity index (χ4n) is 2.54. The Kier molecular flexibility index (Phi) is 5.46. The summed E-state index contributed by atoms with van der Waals surface area (Å²) in [6, 6.07) is 7.72. The SMILES string of the molecule is CC1NCCCC1NC(=O)c1ccc(-n2cnnn2)cc1.Cl. The fraction of sp³-hybridized carbons (Fsp3) is 0.429. The van der Waals surface area contributed by atoms with Crippen molar-refractivity contribution in [2.24, 2.45) is 0 Å². The normalized spacial score (nSPS) is 21.0. The third-order valence-electron chi connectivity index (χ3n) is 3.82. The summed E-state index contributed by atoms with van der Waals surface area (Å²) >= 11 is 0. The van der Waals surface area contributed by atoms with Crippen molar-refractivity contribution in [2.45, 2.75) is 31.8 Å². The van der Waals surface area contributed by atoms with Gasteiger partial charge in [0.15, 0.2) is 0 Å². The summed E-state index contributed by atoms with van der Waals surface area (Å²) in [5.74, 6) is -0.0428. The number of halogens is 1. The molecule has 1 aromatic carbocycles. The minimum atomic E-state index is -0.0428. The lowest BCUT2D eigenvalue weighted by atomic mass is 9.99. The number of tetrazole rings is 1. The van der Waals surface area contributed by atoms with E-state index in [0.717, 1.165) is 25.1 Å². The van der Waals surface area contributed by atoms with Gasteiger partial charge in [-0.05, 0) is 61.0 Å². The first-order valence-corrected chi connectivity index (χ1v) is 7.12. The van der Waals surface area contributed by atoms with Gasteiger partial charge >= 0.3 is 0 Å². The van der Waals surface area contributed by atoms with Gasteiger partial charge in [-0.1, -0.05) is 0 Å². The number of nitrogens with zero attached hydrogens (tertiary/aromatic N) is 4. The van der Waals surface area contributed by atoms with Crippen LogP contribution >= 0.6 is 12.4 Å². The van der Waals surface area contributed by atoms with Gasteiger partial charge < -0.3 is 10.6 Å². The quantitative estimate of drug-likeness (QED) is 0.879. The molecule has 0 aliphatic carbocycles. The Morgan fingerprint density at radius 2 is 2.14 bits per heavy atom. The highest BCUT2D eigenvalue weighted by atomic mass is 35.5. The predicted octanol–water partition coefficient (Wildman–Crippen LogP) is 0.954. The monoisotopic (exact) mass is 322 g/mol. The van der Waals surface area contributed by atoms with Crippen LogP contribution in [0.1, 0.15) is 30.1 Å². The van der Waals surface area contributed by atoms with Crippen LogP contribution in [0.4, 0.5) is 0 Å². The van der Waals surface area contributed by atoms with Gasteiger partial charge in [-0.25, -0.2) is 4.68 Å². The molecule has 1 aliphatic rings. The van der Waals surface area contributed by atoms with E-state index < -0.39 is 0 Å². The van der Waals surface area contributed by atoms with Crippen LogP contribution in [0.3, 0.4) is 0 Å². The molecule has 1 amide bonds. The lowest BCUT2D eigenvalue weighted by molar-refractivity contribution is 0.0920. The number of aromatic nitrogens is 4. The van der Waals surface area contributed by atoms with Crippen LogP contribution in [0, 0.1) is 0 Å². The summed E-state index contributed by atoms with van der Waals surface area (Å²) in [6.07, 6.45) is 3.63. The number of carbonyl (C=O) groups is 1. The lowest BCUT2D eigenvalue weighted by Gasteiger charge is -2.30. The molecule has 0 spiro atoms. The van der Waals surface area contributed by atoms with Crippen LogP contribution in [0.5, 0.6) is 0 Å². The number of rotatable bonds is 3. The zero-order valence-electron chi connectivity index (χ0n) is 12.3. The van der Waals surface area contributed by atoms with Gasteiger partial charge in [0.2, 0.25) is 0 Å². The van der Waals surface area contributed by atoms with Crippen LogP contribution in [-0.4, -0.2) is 44.7 Å². The average Bonchev–Trinajstić information content (AvgIpc) is 3.04. The molecule has 22 heavy (non-hydrogen) atoms. The van der Waals surface area contributed by atoms with Crippen molar-refractivity contribution < 1.29 is 4.79 Å². The van der Waals surface area contributed by atoms with Crippen molar-refractivity contribution in [2.75, 3.05) is 6.54 Å². The third-order valence-corrected chi connectivity index (χ3v) is 3.82. The number of hydrogen-bond acceptors (Lipinski definition) is 5. The maximum atomic E-state index is 12.3. The van der Waals surface area contributed by atoms with E-state index in [-0.39, 0.29) is 24.4 Å². The van der Waals surface area contributed by atoms with Crippen LogP contribution in [0.25, 0.3) is 5.69 Å². The molecule has 7 nitrogen and oxygen atoms in total. The summed E-state index contributed by atoms with van der Waals surface area (Å²) < 4.78 is 1.55. The summed E-state index contributed by atoms with van der Waals surface area (Å²) in [7, 11) is 0. The van der Waals surface area contributed by atoms with Gasteiger partial charge in [0.05, 0.1) is 5.69 Å². The molecule has 0 saturated carbocycles. The number of carbonyl (C=O) groups excluding carboxylic acids is 1. The van der Waals surface area contributed by atoms with Gasteiger partial charge in [0.25, 0.3) is 5.91 Å². The zero-order valence-corrected chi connectivity index (χ0v) is 13.1. The van der Waals surface area contributed by atoms with Gasteiger partial charge in [0.1, 0.15) is 6.33 Å². The molecule has 8 heteroatoms. The van der Waals surface area contributed by atoms with E-state index in [1.807, 2.05) is 12.1 Å². The maximum Gasteiger partial charge on any atom is 0.251 e. The summed E-state index contributed by atoms with van der Waals surface area (Å²) in [5.41, 5.74) is 1.47. The van der Waals surface area contributed by atoms with Crippen molar-refractivity contribution >= 4 is 18.3 Å². The molecule has 0 bridgehead atoms. The molecule has 0 radical (unpaired) electrons. The van der Waals surface area contributed by atoms with E-state index in [1.165, 1.54) is 6.33 Å². The first-order valence-electron chi connectivity index (χ1n) is 7.12. The molecule has 2 atom stereocenters. The van der Waals surface area contributed by atoms with Crippen LogP contribution in [-0.2, 0) is 0 Å². The molecule has 2 aromatic rings. The molecular weight excluding hydrogens is 304 g/mol. The largest absolute Gasteiger partial charge is 0.348 e. The van der Waals surface area contributed by atoms with Gasteiger partial charge in [-0.2, -0.15) is 0 Å². The molecular formula is C14H19ClN6O. The molecule has 2 unspecified atom stereocenters. The number of hydrogen-bond donors (Lipinski definition) is 2. The second-order valence-corrected chi connectivity index (χ2v) is 5.27. The van der Waals surface area contributed by atoms with Crippen molar-refractivity contribution in [3.63, 3.8) is 0 Å². The van der Waals surface area contributed by atoms with E-state index in [0.29, 0.717) is 11.6 Å². The van der Waals surface area contributed by atoms with E-state index in [1.54, 1.807) is 16.8 Å². The Balaban J connectivity index is 0.00000176. The van der Waals surface area contributed by atoms with Gasteiger partial charge in [-0.3, -0.25) is 4.79 Å². The maximum absolute atomic E-state index is 12.3. The third kappa shape index (κ3) is 3.61. The van der Waals surface area contributed by atoms with Crippen molar-refractivity contribution in [3.05, 3.63) is 36.2 Å². The first kappa shape index (κ1) is 16.4. The predicted molar refractivity (Wildman–Crippen MR) is 84.4 cm³/mol. The highest BCUT2D eigenvalue weighted by molar-refractivity contribution is 5.94. The molecule has 3 rings (SSSR count). The molecule has 1 saturated heterocycles. The fourth-order valence-corrected chi connectivity index (χ4v) is 2.54. The molecule has 2 N–H and O–H groups in total. The Morgan fingerprint density at radius 1 is 1.36 bits per heavy atom. The molecule has 1 aromatic heterocycles. The van der Waals surface area contributed by atoms with Crippen molar-refractivity contribution in [1.29, 1.82) is 0 Å². The minimum Gasteiger partial charge on any atom is -0.348 e. The van der Waals surface area contributed by atoms with Gasteiger partial charge in [-0.15, -0.1) is 17.5 Å². The summed E-state index contributed by atoms with van der Waals surface area (Å²) in [6.45, 7) is 3.12.